The molecular weight excluding hydrogens is 328 g/mol. The maximum Gasteiger partial charge on any atom is 0.225 e. The van der Waals surface area contributed by atoms with Crippen LogP contribution in [-0.2, 0) is 9.53 Å². The molecule has 2 unspecified atom stereocenters. The number of methoxy groups -OCH3 is 1. The van der Waals surface area contributed by atoms with Crippen LogP contribution < -0.4 is 10.6 Å². The monoisotopic (exact) mass is 366 g/mol. The van der Waals surface area contributed by atoms with Crippen molar-refractivity contribution < 1.29 is 9.53 Å². The summed E-state index contributed by atoms with van der Waals surface area (Å²) >= 11 is 0. The van der Waals surface area contributed by atoms with E-state index >= 15 is 0 Å². The molecule has 150 valence electrons. The zero-order valence-corrected chi connectivity index (χ0v) is 17.3. The molecule has 1 aliphatic heterocycles. The fraction of sp³-hybridized carbons (Fsp3) is 0.900. The maximum absolute atomic E-state index is 12.6. The lowest BCUT2D eigenvalue weighted by Gasteiger charge is -2.28. The van der Waals surface area contributed by atoms with Crippen LogP contribution in [0.5, 0.6) is 0 Å². The fourth-order valence-corrected chi connectivity index (χ4v) is 3.90. The second-order valence-electron chi connectivity index (χ2n) is 8.71. The van der Waals surface area contributed by atoms with Gasteiger partial charge >= 0.3 is 0 Å². The first-order valence-corrected chi connectivity index (χ1v) is 10.2. The van der Waals surface area contributed by atoms with Crippen molar-refractivity contribution in [1.29, 1.82) is 0 Å². The molecule has 0 radical (unpaired) electrons. The van der Waals surface area contributed by atoms with Crippen LogP contribution in [0.4, 0.5) is 0 Å². The highest BCUT2D eigenvalue weighted by atomic mass is 16.5. The third-order valence-electron chi connectivity index (χ3n) is 5.56. The number of nitrogens with zero attached hydrogens (tertiary/aromatic N) is 2. The molecule has 1 saturated heterocycles. The van der Waals surface area contributed by atoms with Gasteiger partial charge in [-0.3, -0.25) is 9.79 Å². The summed E-state index contributed by atoms with van der Waals surface area (Å²) in [6.07, 6.45) is 5.61. The van der Waals surface area contributed by atoms with Crippen LogP contribution in [0.25, 0.3) is 0 Å². The van der Waals surface area contributed by atoms with E-state index in [0.717, 1.165) is 44.9 Å². The number of aliphatic imine (C=N–C) groups is 1. The minimum absolute atomic E-state index is 0.0490. The molecule has 1 aliphatic carbocycles. The largest absolute Gasteiger partial charge is 0.379 e. The molecule has 1 amide bonds. The average Bonchev–Trinajstić information content (AvgIpc) is 3.25. The quantitative estimate of drug-likeness (QED) is 0.560. The first-order valence-electron chi connectivity index (χ1n) is 10.2. The highest BCUT2D eigenvalue weighted by Crippen LogP contribution is 2.28. The van der Waals surface area contributed by atoms with Crippen LogP contribution >= 0.6 is 0 Å². The van der Waals surface area contributed by atoms with Crippen molar-refractivity contribution in [2.45, 2.75) is 71.9 Å². The molecule has 0 aromatic heterocycles. The van der Waals surface area contributed by atoms with Crippen molar-refractivity contribution in [2.75, 3.05) is 33.3 Å². The van der Waals surface area contributed by atoms with Crippen LogP contribution in [0.15, 0.2) is 4.99 Å². The second kappa shape index (κ2) is 9.58. The number of carbonyl (C=O) groups is 1. The van der Waals surface area contributed by atoms with Gasteiger partial charge < -0.3 is 20.3 Å². The van der Waals surface area contributed by atoms with Gasteiger partial charge in [0.1, 0.15) is 0 Å². The molecule has 2 rings (SSSR count). The van der Waals surface area contributed by atoms with Crippen molar-refractivity contribution in [2.24, 2.45) is 16.3 Å². The minimum Gasteiger partial charge on any atom is -0.379 e. The van der Waals surface area contributed by atoms with Crippen LogP contribution in [0.3, 0.4) is 0 Å². The van der Waals surface area contributed by atoms with E-state index in [1.165, 1.54) is 12.8 Å². The van der Waals surface area contributed by atoms with Crippen LogP contribution in [0, 0.1) is 11.3 Å². The normalized spacial score (nSPS) is 23.3. The summed E-state index contributed by atoms with van der Waals surface area (Å²) in [6.45, 7) is 11.6. The summed E-state index contributed by atoms with van der Waals surface area (Å²) in [5.74, 6) is 1.45. The lowest BCUT2D eigenvalue weighted by molar-refractivity contribution is -0.134. The molecule has 1 saturated carbocycles. The Hall–Kier alpha value is -1.30. The van der Waals surface area contributed by atoms with Gasteiger partial charge in [0.2, 0.25) is 5.91 Å². The average molecular weight is 367 g/mol. The van der Waals surface area contributed by atoms with Crippen molar-refractivity contribution in [3.63, 3.8) is 0 Å². The Bertz CT molecular complexity index is 481. The molecule has 2 aliphatic rings. The Balaban J connectivity index is 1.89. The van der Waals surface area contributed by atoms with Crippen LogP contribution in [0.1, 0.15) is 59.8 Å². The fourth-order valence-electron chi connectivity index (χ4n) is 3.90. The summed E-state index contributed by atoms with van der Waals surface area (Å²) in [6, 6.07) is 0.272. The Morgan fingerprint density at radius 2 is 1.96 bits per heavy atom. The number of likely N-dealkylation sites (tertiary alicyclic amines) is 1. The zero-order chi connectivity index (χ0) is 19.2. The molecule has 0 spiro atoms. The molecule has 0 aromatic rings. The molecule has 0 aromatic carbocycles. The summed E-state index contributed by atoms with van der Waals surface area (Å²) in [4.78, 5) is 19.4. The number of ether oxygens (including phenoxy) is 1. The first-order chi connectivity index (χ1) is 12.3. The smallest absolute Gasteiger partial charge is 0.225 e. The molecule has 0 bridgehead atoms. The zero-order valence-electron chi connectivity index (χ0n) is 17.3. The van der Waals surface area contributed by atoms with E-state index in [9.17, 15) is 4.79 Å². The summed E-state index contributed by atoms with van der Waals surface area (Å²) in [5.41, 5.74) is 0.0490. The number of hydrogen-bond donors (Lipinski definition) is 2. The Labute approximate surface area is 159 Å². The predicted molar refractivity (Wildman–Crippen MR) is 106 cm³/mol. The third-order valence-corrected chi connectivity index (χ3v) is 5.56. The van der Waals surface area contributed by atoms with E-state index in [-0.39, 0.29) is 23.5 Å². The van der Waals surface area contributed by atoms with E-state index in [2.05, 4.69) is 38.3 Å². The van der Waals surface area contributed by atoms with Crippen molar-refractivity contribution >= 4 is 11.9 Å². The van der Waals surface area contributed by atoms with Crippen LogP contribution in [0.2, 0.25) is 0 Å². The molecule has 26 heavy (non-hydrogen) atoms. The lowest BCUT2D eigenvalue weighted by Crippen LogP contribution is -2.46. The molecule has 2 fully saturated rings. The Morgan fingerprint density at radius 1 is 1.27 bits per heavy atom. The molecule has 2 atom stereocenters. The van der Waals surface area contributed by atoms with E-state index in [0.29, 0.717) is 12.5 Å². The van der Waals surface area contributed by atoms with E-state index in [4.69, 9.17) is 9.73 Å². The molecule has 1 heterocycles. The van der Waals surface area contributed by atoms with Gasteiger partial charge in [-0.15, -0.1) is 0 Å². The van der Waals surface area contributed by atoms with Gasteiger partial charge in [-0.25, -0.2) is 0 Å². The number of guanidine groups is 1. The van der Waals surface area contributed by atoms with Gasteiger partial charge in [0, 0.05) is 38.7 Å². The van der Waals surface area contributed by atoms with E-state index in [1.54, 1.807) is 7.11 Å². The van der Waals surface area contributed by atoms with Crippen molar-refractivity contribution in [3.05, 3.63) is 0 Å². The number of rotatable bonds is 6. The SMILES string of the molecule is CCNC(=NCC(OC)C(C)(C)C)NC1CCN(C(=O)C2CCCC2)C1. The molecular formula is C20H38N4O2. The number of carbonyl (C=O) groups excluding carboxylic acids is 1. The third kappa shape index (κ3) is 5.86. The van der Waals surface area contributed by atoms with Gasteiger partial charge in [0.05, 0.1) is 12.6 Å². The van der Waals surface area contributed by atoms with Gasteiger partial charge in [0.25, 0.3) is 0 Å². The molecule has 6 nitrogen and oxygen atoms in total. The topological polar surface area (TPSA) is 66.0 Å². The van der Waals surface area contributed by atoms with Crippen molar-refractivity contribution in [3.8, 4) is 0 Å². The summed E-state index contributed by atoms with van der Waals surface area (Å²) in [5, 5.41) is 6.83. The Kier molecular flexibility index (Phi) is 7.74. The van der Waals surface area contributed by atoms with Gasteiger partial charge in [-0.05, 0) is 31.6 Å². The number of nitrogens with one attached hydrogen (secondary N) is 2. The minimum atomic E-state index is 0.0490. The van der Waals surface area contributed by atoms with Crippen LogP contribution in [-0.4, -0.2) is 62.2 Å². The summed E-state index contributed by atoms with van der Waals surface area (Å²) < 4.78 is 5.60. The lowest BCUT2D eigenvalue weighted by atomic mass is 9.89. The van der Waals surface area contributed by atoms with E-state index < -0.39 is 0 Å². The second-order valence-corrected chi connectivity index (χ2v) is 8.71. The highest BCUT2D eigenvalue weighted by molar-refractivity contribution is 5.81. The maximum atomic E-state index is 12.6. The van der Waals surface area contributed by atoms with Crippen molar-refractivity contribution in [1.82, 2.24) is 15.5 Å². The predicted octanol–water partition coefficient (Wildman–Crippen LogP) is 2.39. The highest BCUT2D eigenvalue weighted by Gasteiger charge is 2.32. The number of amides is 1. The van der Waals surface area contributed by atoms with E-state index in [1.807, 2.05) is 4.90 Å². The molecule has 6 heteroatoms. The molecule has 2 N–H and O–H groups in total. The number of hydrogen-bond acceptors (Lipinski definition) is 3. The van der Waals surface area contributed by atoms with Gasteiger partial charge in [-0.1, -0.05) is 33.6 Å². The standard InChI is InChI=1S/C20H38N4O2/c1-6-21-19(22-13-17(26-5)20(2,3)4)23-16-11-12-24(14-16)18(25)15-9-7-8-10-15/h15-17H,6-14H2,1-5H3,(H2,21,22,23). The first kappa shape index (κ1) is 21.0. The van der Waals surface area contributed by atoms with Gasteiger partial charge in [0.15, 0.2) is 5.96 Å². The van der Waals surface area contributed by atoms with Gasteiger partial charge in [-0.2, -0.15) is 0 Å². The Morgan fingerprint density at radius 3 is 2.54 bits per heavy atom. The summed E-state index contributed by atoms with van der Waals surface area (Å²) in [7, 11) is 1.75.